The largest absolute Gasteiger partial charge is 0.462 e. The quantitative estimate of drug-likeness (QED) is 0.584. The zero-order valence-corrected chi connectivity index (χ0v) is 10.5. The Morgan fingerprint density at radius 1 is 1.22 bits per heavy atom. The molecule has 0 heterocycles. The van der Waals surface area contributed by atoms with Crippen LogP contribution in [-0.4, -0.2) is 34.0 Å². The first kappa shape index (κ1) is 12.2. The topological polar surface area (TPSA) is 66.8 Å². The Balaban J connectivity index is 1.80. The van der Waals surface area contributed by atoms with Gasteiger partial charge < -0.3 is 14.9 Å². The van der Waals surface area contributed by atoms with Crippen LogP contribution in [0, 0.1) is 11.3 Å². The Labute approximate surface area is 107 Å². The predicted octanol–water partition coefficient (Wildman–Crippen LogP) is 1.16. The Bertz CT molecular complexity index is 385. The molecule has 0 spiro atoms. The molecule has 2 atom stereocenters. The summed E-state index contributed by atoms with van der Waals surface area (Å²) in [5, 5.41) is 21.1. The highest BCUT2D eigenvalue weighted by Crippen LogP contribution is 2.63. The molecule has 2 N–H and O–H groups in total. The zero-order chi connectivity index (χ0) is 13.0. The lowest BCUT2D eigenvalue weighted by Gasteiger charge is -2.62. The van der Waals surface area contributed by atoms with Crippen LogP contribution in [0.5, 0.6) is 0 Å². The zero-order valence-electron chi connectivity index (χ0n) is 10.5. The highest BCUT2D eigenvalue weighted by Gasteiger charge is 2.62. The van der Waals surface area contributed by atoms with Crippen LogP contribution in [0.4, 0.5) is 0 Å². The van der Waals surface area contributed by atoms with Gasteiger partial charge in [0.1, 0.15) is 0 Å². The van der Waals surface area contributed by atoms with Crippen LogP contribution in [0.15, 0.2) is 12.7 Å². The third-order valence-electron chi connectivity index (χ3n) is 4.81. The SMILES string of the molecule is C=CC(=O)OCC12CC3CC(O)(CC(O)(C3)C1)C2. The van der Waals surface area contributed by atoms with Crippen molar-refractivity contribution in [1.29, 1.82) is 0 Å². The maximum Gasteiger partial charge on any atom is 0.330 e. The summed E-state index contributed by atoms with van der Waals surface area (Å²) < 4.78 is 5.19. The number of hydrogen-bond donors (Lipinski definition) is 2. The Kier molecular flexibility index (Phi) is 2.42. The normalized spacial score (nSPS) is 49.1. The first-order valence-electron chi connectivity index (χ1n) is 6.60. The van der Waals surface area contributed by atoms with E-state index in [9.17, 15) is 15.0 Å². The van der Waals surface area contributed by atoms with Crippen molar-refractivity contribution in [1.82, 2.24) is 0 Å². The van der Waals surface area contributed by atoms with Crippen molar-refractivity contribution in [2.45, 2.75) is 49.7 Å². The van der Waals surface area contributed by atoms with Crippen molar-refractivity contribution < 1.29 is 19.7 Å². The Morgan fingerprint density at radius 3 is 2.33 bits per heavy atom. The predicted molar refractivity (Wildman–Crippen MR) is 64.7 cm³/mol. The summed E-state index contributed by atoms with van der Waals surface area (Å²) in [6.07, 6.45) is 5.44. The molecule has 0 radical (unpaired) electrons. The maximum atomic E-state index is 11.2. The number of rotatable bonds is 3. The summed E-state index contributed by atoms with van der Waals surface area (Å²) in [6.45, 7) is 3.67. The molecular weight excluding hydrogens is 232 g/mol. The summed E-state index contributed by atoms with van der Waals surface area (Å²) in [7, 11) is 0. The average Bonchev–Trinajstić information content (AvgIpc) is 2.21. The number of aliphatic hydroxyl groups is 2. The second-order valence-electron chi connectivity index (χ2n) is 6.77. The van der Waals surface area contributed by atoms with Crippen molar-refractivity contribution >= 4 is 5.97 Å². The third-order valence-corrected chi connectivity index (χ3v) is 4.81. The van der Waals surface area contributed by atoms with Gasteiger partial charge in [0.15, 0.2) is 0 Å². The van der Waals surface area contributed by atoms with Crippen LogP contribution in [-0.2, 0) is 9.53 Å². The van der Waals surface area contributed by atoms with E-state index in [-0.39, 0.29) is 5.41 Å². The van der Waals surface area contributed by atoms with Crippen LogP contribution in [0.1, 0.15) is 38.5 Å². The van der Waals surface area contributed by atoms with Crippen molar-refractivity contribution in [3.05, 3.63) is 12.7 Å². The van der Waals surface area contributed by atoms with E-state index < -0.39 is 17.2 Å². The standard InChI is InChI=1S/C14H20O4/c1-2-11(15)18-9-12-3-10-4-13(16,6-12)8-14(17,5-10)7-12/h2,10,16-17H,1,3-9H2. The minimum Gasteiger partial charge on any atom is -0.462 e. The van der Waals surface area contributed by atoms with Gasteiger partial charge in [0, 0.05) is 17.9 Å². The van der Waals surface area contributed by atoms with Gasteiger partial charge in [-0.1, -0.05) is 6.58 Å². The number of hydrogen-bond acceptors (Lipinski definition) is 4. The Morgan fingerprint density at radius 2 is 1.83 bits per heavy atom. The van der Waals surface area contributed by atoms with E-state index in [1.165, 1.54) is 0 Å². The molecular formula is C14H20O4. The van der Waals surface area contributed by atoms with E-state index in [4.69, 9.17) is 4.74 Å². The molecule has 4 bridgehead atoms. The summed E-state index contributed by atoms with van der Waals surface area (Å²) >= 11 is 0. The lowest BCUT2D eigenvalue weighted by Crippen LogP contribution is -2.64. The van der Waals surface area contributed by atoms with Gasteiger partial charge in [-0.05, 0) is 38.0 Å². The second kappa shape index (κ2) is 3.58. The molecule has 0 saturated heterocycles. The van der Waals surface area contributed by atoms with Gasteiger partial charge in [0.2, 0.25) is 0 Å². The maximum absolute atomic E-state index is 11.2. The molecule has 18 heavy (non-hydrogen) atoms. The van der Waals surface area contributed by atoms with E-state index >= 15 is 0 Å². The lowest BCUT2D eigenvalue weighted by atomic mass is 9.46. The van der Waals surface area contributed by atoms with E-state index in [1.54, 1.807) is 0 Å². The number of esters is 1. The fourth-order valence-electron chi connectivity index (χ4n) is 4.98. The third kappa shape index (κ3) is 1.88. The van der Waals surface area contributed by atoms with E-state index in [0.29, 0.717) is 31.8 Å². The van der Waals surface area contributed by atoms with Gasteiger partial charge in [-0.25, -0.2) is 4.79 Å². The molecule has 4 saturated carbocycles. The first-order chi connectivity index (χ1) is 8.36. The van der Waals surface area contributed by atoms with Gasteiger partial charge in [0.25, 0.3) is 0 Å². The van der Waals surface area contributed by atoms with Crippen LogP contribution in [0.25, 0.3) is 0 Å². The molecule has 4 heteroatoms. The highest BCUT2D eigenvalue weighted by atomic mass is 16.5. The molecule has 0 aromatic heterocycles. The highest BCUT2D eigenvalue weighted by molar-refractivity contribution is 5.81. The van der Waals surface area contributed by atoms with Crippen LogP contribution in [0.2, 0.25) is 0 Å². The molecule has 4 fully saturated rings. The van der Waals surface area contributed by atoms with Gasteiger partial charge >= 0.3 is 5.97 Å². The van der Waals surface area contributed by atoms with Gasteiger partial charge in [0.05, 0.1) is 17.8 Å². The smallest absolute Gasteiger partial charge is 0.330 e. The average molecular weight is 252 g/mol. The van der Waals surface area contributed by atoms with Gasteiger partial charge in [-0.15, -0.1) is 0 Å². The van der Waals surface area contributed by atoms with Crippen molar-refractivity contribution in [3.63, 3.8) is 0 Å². The molecule has 4 nitrogen and oxygen atoms in total. The summed E-state index contributed by atoms with van der Waals surface area (Å²) in [5.41, 5.74) is -1.74. The summed E-state index contributed by atoms with van der Waals surface area (Å²) in [6, 6.07) is 0. The number of carbonyl (C=O) groups excluding carboxylic acids is 1. The lowest BCUT2D eigenvalue weighted by molar-refractivity contribution is -0.239. The van der Waals surface area contributed by atoms with Crippen LogP contribution < -0.4 is 0 Å². The van der Waals surface area contributed by atoms with Crippen LogP contribution in [0.3, 0.4) is 0 Å². The molecule has 4 aliphatic rings. The summed E-state index contributed by atoms with van der Waals surface area (Å²) in [5.74, 6) is -0.0663. The fourth-order valence-corrected chi connectivity index (χ4v) is 4.98. The van der Waals surface area contributed by atoms with E-state index in [1.807, 2.05) is 0 Å². The molecule has 0 amide bonds. The molecule has 2 unspecified atom stereocenters. The van der Waals surface area contributed by atoms with Gasteiger partial charge in [-0.3, -0.25) is 0 Å². The van der Waals surface area contributed by atoms with Crippen molar-refractivity contribution in [3.8, 4) is 0 Å². The fraction of sp³-hybridized carbons (Fsp3) is 0.786. The molecule has 0 aromatic rings. The number of carbonyl (C=O) groups is 1. The van der Waals surface area contributed by atoms with E-state index in [2.05, 4.69) is 6.58 Å². The summed E-state index contributed by atoms with van der Waals surface area (Å²) in [4.78, 5) is 11.2. The molecule has 0 aromatic carbocycles. The molecule has 4 aliphatic carbocycles. The van der Waals surface area contributed by atoms with Gasteiger partial charge in [-0.2, -0.15) is 0 Å². The minimum absolute atomic E-state index is 0.235. The second-order valence-corrected chi connectivity index (χ2v) is 6.77. The minimum atomic E-state index is -0.755. The molecule has 0 aliphatic heterocycles. The monoisotopic (exact) mass is 252 g/mol. The van der Waals surface area contributed by atoms with Crippen molar-refractivity contribution in [2.24, 2.45) is 11.3 Å². The van der Waals surface area contributed by atoms with Crippen molar-refractivity contribution in [2.75, 3.05) is 6.61 Å². The number of ether oxygens (including phenoxy) is 1. The van der Waals surface area contributed by atoms with E-state index in [0.717, 1.165) is 25.3 Å². The Hall–Kier alpha value is -0.870. The van der Waals surface area contributed by atoms with Crippen LogP contribution >= 0.6 is 0 Å². The molecule has 100 valence electrons. The molecule has 4 rings (SSSR count). The first-order valence-corrected chi connectivity index (χ1v) is 6.60.